The van der Waals surface area contributed by atoms with Gasteiger partial charge in [0.1, 0.15) is 11.4 Å². The molecule has 10 nitrogen and oxygen atoms in total. The maximum absolute atomic E-state index is 14.2. The lowest BCUT2D eigenvalue weighted by molar-refractivity contribution is -0.136. The molecule has 1 atom stereocenters. The van der Waals surface area contributed by atoms with Crippen LogP contribution in [0.3, 0.4) is 0 Å². The van der Waals surface area contributed by atoms with Gasteiger partial charge in [0.25, 0.3) is 5.56 Å². The minimum Gasteiger partial charge on any atom is -0.496 e. The highest BCUT2D eigenvalue weighted by Gasteiger charge is 2.33. The topological polar surface area (TPSA) is 114 Å². The summed E-state index contributed by atoms with van der Waals surface area (Å²) in [5.74, 6) is -0.419. The molecule has 6 rings (SSSR count). The minimum absolute atomic E-state index is 0.230. The van der Waals surface area contributed by atoms with Gasteiger partial charge in [-0.2, -0.15) is 5.10 Å². The zero-order valence-electron chi connectivity index (χ0n) is 25.2. The molecule has 0 bridgehead atoms. The minimum atomic E-state index is -0.832. The van der Waals surface area contributed by atoms with Crippen LogP contribution in [0, 0.1) is 0 Å². The number of aromatic nitrogens is 3. The number of halogens is 1. The highest BCUT2D eigenvalue weighted by molar-refractivity contribution is 9.10. The maximum atomic E-state index is 14.2. The summed E-state index contributed by atoms with van der Waals surface area (Å²) >= 11 is 4.78. The number of ether oxygens (including phenoxy) is 3. The van der Waals surface area contributed by atoms with Crippen LogP contribution in [0.25, 0.3) is 23.0 Å². The number of nitrogens with zero attached hydrogens (tertiary/aromatic N) is 4. The van der Waals surface area contributed by atoms with Crippen molar-refractivity contribution in [3.05, 3.63) is 131 Å². The lowest BCUT2D eigenvalue weighted by Gasteiger charge is -2.24. The Morgan fingerprint density at radius 3 is 2.33 bits per heavy atom. The third-order valence-corrected chi connectivity index (χ3v) is 9.15. The van der Waals surface area contributed by atoms with E-state index in [9.17, 15) is 14.4 Å². The number of methoxy groups -OCH3 is 3. The van der Waals surface area contributed by atoms with Crippen molar-refractivity contribution in [3.63, 3.8) is 0 Å². The maximum Gasteiger partial charge on any atom is 0.338 e. The van der Waals surface area contributed by atoms with E-state index in [4.69, 9.17) is 19.3 Å². The summed E-state index contributed by atoms with van der Waals surface area (Å²) in [6, 6.07) is 21.1. The van der Waals surface area contributed by atoms with Gasteiger partial charge in [-0.25, -0.2) is 19.3 Å². The molecule has 12 heteroatoms. The second kappa shape index (κ2) is 12.7. The van der Waals surface area contributed by atoms with E-state index < -0.39 is 18.0 Å². The van der Waals surface area contributed by atoms with Crippen molar-refractivity contribution in [2.75, 3.05) is 21.3 Å². The first-order valence-electron chi connectivity index (χ1n) is 14.0. The number of carbonyl (C=O) groups is 2. The van der Waals surface area contributed by atoms with Gasteiger partial charge in [0.15, 0.2) is 4.80 Å². The van der Waals surface area contributed by atoms with Gasteiger partial charge in [0.05, 0.1) is 58.9 Å². The number of esters is 2. The van der Waals surface area contributed by atoms with Crippen LogP contribution in [0.15, 0.2) is 105 Å². The van der Waals surface area contributed by atoms with Crippen LogP contribution in [-0.2, 0) is 14.3 Å². The molecule has 46 heavy (non-hydrogen) atoms. The fraction of sp³-hybridized carbons (Fsp3) is 0.147. The second-order valence-corrected chi connectivity index (χ2v) is 12.1. The highest BCUT2D eigenvalue weighted by Crippen LogP contribution is 2.33. The molecule has 0 radical (unpaired) electrons. The average Bonchev–Trinajstić information content (AvgIpc) is 3.64. The molecule has 1 aliphatic rings. The standard InChI is InChI=1S/C34H27BrN4O6S/c1-19-28(33(42)45-4)30(20-10-12-21(13-11-20)32(41)44-3)39-31(40)27(46-34(39)36-19)17-23-18-38(24-8-6-5-7-9-24)37-29(23)22-14-15-26(43-2)25(35)16-22/h5-18,30H,1-4H3. The lowest BCUT2D eigenvalue weighted by atomic mass is 9.95. The fourth-order valence-electron chi connectivity index (χ4n) is 5.31. The molecule has 0 saturated heterocycles. The first kappa shape index (κ1) is 30.9. The molecule has 3 aromatic carbocycles. The molecule has 0 fully saturated rings. The summed E-state index contributed by atoms with van der Waals surface area (Å²) in [6.45, 7) is 1.71. The van der Waals surface area contributed by atoms with Gasteiger partial charge < -0.3 is 14.2 Å². The van der Waals surface area contributed by atoms with E-state index in [0.717, 1.165) is 15.7 Å². The van der Waals surface area contributed by atoms with E-state index in [1.54, 1.807) is 49.1 Å². The van der Waals surface area contributed by atoms with Crippen molar-refractivity contribution < 1.29 is 23.8 Å². The van der Waals surface area contributed by atoms with E-state index >= 15 is 0 Å². The molecule has 232 valence electrons. The van der Waals surface area contributed by atoms with E-state index in [0.29, 0.717) is 43.2 Å². The third kappa shape index (κ3) is 5.61. The lowest BCUT2D eigenvalue weighted by Crippen LogP contribution is -2.39. The number of rotatable bonds is 7. The molecule has 0 amide bonds. The average molecular weight is 700 g/mol. The molecule has 3 heterocycles. The summed E-state index contributed by atoms with van der Waals surface area (Å²) in [6.07, 6.45) is 3.66. The zero-order chi connectivity index (χ0) is 32.5. The molecule has 0 aliphatic carbocycles. The quantitative estimate of drug-likeness (QED) is 0.224. The monoisotopic (exact) mass is 698 g/mol. The number of carbonyl (C=O) groups excluding carboxylic acids is 2. The number of allylic oxidation sites excluding steroid dienone is 1. The fourth-order valence-corrected chi connectivity index (χ4v) is 6.89. The summed E-state index contributed by atoms with van der Waals surface area (Å²) in [5.41, 5.74) is 4.29. The Hall–Kier alpha value is -5.07. The van der Waals surface area contributed by atoms with Crippen molar-refractivity contribution in [3.8, 4) is 22.7 Å². The second-order valence-electron chi connectivity index (χ2n) is 10.2. The first-order valence-corrected chi connectivity index (χ1v) is 15.6. The number of hydrogen-bond acceptors (Lipinski definition) is 9. The predicted octanol–water partition coefficient (Wildman–Crippen LogP) is 4.82. The number of hydrogen-bond donors (Lipinski definition) is 0. The van der Waals surface area contributed by atoms with Crippen molar-refractivity contribution >= 4 is 45.3 Å². The van der Waals surface area contributed by atoms with Gasteiger partial charge in [-0.1, -0.05) is 41.7 Å². The molecule has 2 aromatic heterocycles. The van der Waals surface area contributed by atoms with Crippen LogP contribution in [0.2, 0.25) is 0 Å². The van der Waals surface area contributed by atoms with Gasteiger partial charge in [-0.05, 0) is 77.0 Å². The van der Waals surface area contributed by atoms with E-state index in [1.165, 1.54) is 30.1 Å². The smallest absolute Gasteiger partial charge is 0.338 e. The van der Waals surface area contributed by atoms with Crippen molar-refractivity contribution in [1.29, 1.82) is 0 Å². The van der Waals surface area contributed by atoms with Crippen LogP contribution in [0.1, 0.15) is 34.5 Å². The highest BCUT2D eigenvalue weighted by atomic mass is 79.9. The molecular weight excluding hydrogens is 672 g/mol. The molecule has 1 unspecified atom stereocenters. The third-order valence-electron chi connectivity index (χ3n) is 7.55. The van der Waals surface area contributed by atoms with E-state index in [2.05, 4.69) is 20.9 Å². The van der Waals surface area contributed by atoms with Gasteiger partial charge in [0, 0.05) is 17.3 Å². The van der Waals surface area contributed by atoms with Crippen molar-refractivity contribution in [1.82, 2.24) is 14.3 Å². The Balaban J connectivity index is 1.55. The van der Waals surface area contributed by atoms with E-state index in [-0.39, 0.29) is 11.1 Å². The SMILES string of the molecule is COC(=O)C1=C(C)N=c2sc(=Cc3cn(-c4ccccc4)nc3-c3ccc(OC)c(Br)c3)c(=O)n2C1c1ccc(C(=O)OC)cc1. The zero-order valence-corrected chi connectivity index (χ0v) is 27.6. The van der Waals surface area contributed by atoms with Gasteiger partial charge in [-0.3, -0.25) is 9.36 Å². The number of para-hydroxylation sites is 1. The molecule has 1 aliphatic heterocycles. The van der Waals surface area contributed by atoms with Gasteiger partial charge in [0.2, 0.25) is 0 Å². The van der Waals surface area contributed by atoms with Crippen LogP contribution < -0.4 is 19.6 Å². The molecule has 0 saturated carbocycles. The van der Waals surface area contributed by atoms with Crippen molar-refractivity contribution in [2.24, 2.45) is 4.99 Å². The molecular formula is C34H27BrN4O6S. The normalized spacial score (nSPS) is 14.5. The summed E-state index contributed by atoms with van der Waals surface area (Å²) < 4.78 is 19.8. The summed E-state index contributed by atoms with van der Waals surface area (Å²) in [5, 5.41) is 4.89. The van der Waals surface area contributed by atoms with Crippen molar-refractivity contribution in [2.45, 2.75) is 13.0 Å². The largest absolute Gasteiger partial charge is 0.496 e. The number of fused-ring (bicyclic) bond motifs is 1. The Morgan fingerprint density at radius 2 is 1.67 bits per heavy atom. The summed E-state index contributed by atoms with van der Waals surface area (Å²) in [4.78, 5) is 44.4. The Labute approximate surface area is 275 Å². The Bertz CT molecular complexity index is 2200. The molecule has 0 spiro atoms. The number of thiazole rings is 1. The van der Waals surface area contributed by atoms with Gasteiger partial charge in [-0.15, -0.1) is 0 Å². The van der Waals surface area contributed by atoms with Crippen LogP contribution in [-0.4, -0.2) is 47.6 Å². The summed E-state index contributed by atoms with van der Waals surface area (Å²) in [7, 11) is 4.19. The van der Waals surface area contributed by atoms with Crippen LogP contribution >= 0.6 is 27.3 Å². The van der Waals surface area contributed by atoms with Gasteiger partial charge >= 0.3 is 11.9 Å². The van der Waals surface area contributed by atoms with Crippen LogP contribution in [0.4, 0.5) is 0 Å². The van der Waals surface area contributed by atoms with Crippen LogP contribution in [0.5, 0.6) is 5.75 Å². The number of benzene rings is 3. The first-order chi connectivity index (χ1) is 22.2. The van der Waals surface area contributed by atoms with E-state index in [1.807, 2.05) is 54.7 Å². The predicted molar refractivity (Wildman–Crippen MR) is 177 cm³/mol. The molecule has 5 aromatic rings. The Kier molecular flexibility index (Phi) is 8.57. The molecule has 0 N–H and O–H groups in total. The Morgan fingerprint density at radius 1 is 0.957 bits per heavy atom.